The predicted octanol–water partition coefficient (Wildman–Crippen LogP) is 3.06. The van der Waals surface area contributed by atoms with Crippen LogP contribution in [0, 0.1) is 6.92 Å². The van der Waals surface area contributed by atoms with Crippen molar-refractivity contribution in [1.82, 2.24) is 14.1 Å². The largest absolute Gasteiger partial charge is 0.464 e. The number of carbonyl (C=O) groups excluding carboxylic acids is 1. The summed E-state index contributed by atoms with van der Waals surface area (Å²) in [6.07, 6.45) is 5.23. The molecule has 7 heteroatoms. The predicted molar refractivity (Wildman–Crippen MR) is 99.6 cm³/mol. The molecule has 0 saturated carbocycles. The molecule has 0 radical (unpaired) electrons. The Kier molecular flexibility index (Phi) is 3.92. The van der Waals surface area contributed by atoms with E-state index in [9.17, 15) is 9.59 Å². The fraction of sp³-hybridized carbons (Fsp3) is 0.150. The molecule has 0 atom stereocenters. The van der Waals surface area contributed by atoms with Gasteiger partial charge in [0.05, 0.1) is 23.9 Å². The van der Waals surface area contributed by atoms with Gasteiger partial charge >= 0.3 is 5.97 Å². The monoisotopic (exact) mass is 363 g/mol. The Bertz CT molecular complexity index is 1210. The number of hydrogen-bond donors (Lipinski definition) is 0. The summed E-state index contributed by atoms with van der Waals surface area (Å²) >= 11 is 0. The second-order valence-electron chi connectivity index (χ2n) is 6.26. The van der Waals surface area contributed by atoms with Gasteiger partial charge in [0, 0.05) is 25.0 Å². The van der Waals surface area contributed by atoms with Crippen molar-refractivity contribution in [3.63, 3.8) is 0 Å². The zero-order chi connectivity index (χ0) is 19.1. The summed E-state index contributed by atoms with van der Waals surface area (Å²) in [5, 5.41) is 0. The van der Waals surface area contributed by atoms with Gasteiger partial charge in [-0.25, -0.2) is 9.78 Å². The Hall–Kier alpha value is -3.61. The molecule has 4 rings (SSSR count). The molecule has 0 spiro atoms. The van der Waals surface area contributed by atoms with Gasteiger partial charge in [-0.15, -0.1) is 0 Å². The molecule has 7 nitrogen and oxygen atoms in total. The van der Waals surface area contributed by atoms with Crippen LogP contribution in [0.5, 0.6) is 0 Å². The molecule has 0 unspecified atom stereocenters. The SMILES string of the molecule is COC(=O)c1nc(C)cn2cc(-c3ccc(-c4con(C)c4=O)cc3)cc12. The molecular formula is C20H17N3O4. The van der Waals surface area contributed by atoms with Crippen molar-refractivity contribution in [2.45, 2.75) is 6.92 Å². The van der Waals surface area contributed by atoms with Crippen LogP contribution in [0.1, 0.15) is 16.2 Å². The van der Waals surface area contributed by atoms with Crippen LogP contribution in [0.25, 0.3) is 27.8 Å². The van der Waals surface area contributed by atoms with Gasteiger partial charge in [0.1, 0.15) is 6.26 Å². The van der Waals surface area contributed by atoms with Crippen molar-refractivity contribution in [3.05, 3.63) is 70.7 Å². The molecular weight excluding hydrogens is 346 g/mol. The Labute approximate surface area is 154 Å². The van der Waals surface area contributed by atoms with E-state index in [2.05, 4.69) is 4.98 Å². The maximum atomic E-state index is 12.0. The van der Waals surface area contributed by atoms with E-state index >= 15 is 0 Å². The van der Waals surface area contributed by atoms with Crippen LogP contribution in [-0.4, -0.2) is 27.2 Å². The quantitative estimate of drug-likeness (QED) is 0.523. The first kappa shape index (κ1) is 16.8. The number of esters is 1. The molecule has 0 bridgehead atoms. The van der Waals surface area contributed by atoms with Gasteiger partial charge in [-0.3, -0.25) is 4.79 Å². The van der Waals surface area contributed by atoms with Crippen LogP contribution in [0.2, 0.25) is 0 Å². The number of aromatic nitrogens is 3. The number of carbonyl (C=O) groups is 1. The molecule has 1 aromatic carbocycles. The fourth-order valence-electron chi connectivity index (χ4n) is 3.08. The molecule has 4 aromatic rings. The summed E-state index contributed by atoms with van der Waals surface area (Å²) in [6, 6.07) is 9.48. The molecule has 0 aliphatic carbocycles. The minimum absolute atomic E-state index is 0.179. The smallest absolute Gasteiger partial charge is 0.358 e. The lowest BCUT2D eigenvalue weighted by atomic mass is 10.0. The van der Waals surface area contributed by atoms with E-state index in [-0.39, 0.29) is 11.3 Å². The Morgan fingerprint density at radius 2 is 1.81 bits per heavy atom. The van der Waals surface area contributed by atoms with Gasteiger partial charge in [0.2, 0.25) is 0 Å². The Morgan fingerprint density at radius 1 is 1.11 bits per heavy atom. The lowest BCUT2D eigenvalue weighted by Crippen LogP contribution is -2.11. The normalized spacial score (nSPS) is 11.1. The first-order valence-electron chi connectivity index (χ1n) is 8.31. The minimum atomic E-state index is -0.473. The fourth-order valence-corrected chi connectivity index (χ4v) is 3.08. The maximum Gasteiger partial charge on any atom is 0.358 e. The number of benzene rings is 1. The van der Waals surface area contributed by atoms with Crippen LogP contribution in [-0.2, 0) is 11.8 Å². The topological polar surface area (TPSA) is 78.7 Å². The summed E-state index contributed by atoms with van der Waals surface area (Å²) in [5.41, 5.74) is 4.68. The van der Waals surface area contributed by atoms with Crippen molar-refractivity contribution >= 4 is 11.5 Å². The second-order valence-corrected chi connectivity index (χ2v) is 6.26. The summed E-state index contributed by atoms with van der Waals surface area (Å²) in [4.78, 5) is 28.3. The summed E-state index contributed by atoms with van der Waals surface area (Å²) in [7, 11) is 2.91. The van der Waals surface area contributed by atoms with E-state index in [1.54, 1.807) is 7.05 Å². The first-order valence-corrected chi connectivity index (χ1v) is 8.31. The minimum Gasteiger partial charge on any atom is -0.464 e. The van der Waals surface area contributed by atoms with E-state index in [0.717, 1.165) is 22.4 Å². The van der Waals surface area contributed by atoms with Crippen molar-refractivity contribution in [2.24, 2.45) is 7.05 Å². The Balaban J connectivity index is 1.77. The molecule has 0 aliphatic heterocycles. The highest BCUT2D eigenvalue weighted by atomic mass is 16.5. The number of ether oxygens (including phenoxy) is 1. The standard InChI is InChI=1S/C20H17N3O4/c1-12-9-23-10-15(8-17(23)18(21-12)20(25)26-3)13-4-6-14(7-5-13)16-11-27-22(2)19(16)24/h4-11H,1-3H3. The summed E-state index contributed by atoms with van der Waals surface area (Å²) < 4.78 is 13.0. The highest BCUT2D eigenvalue weighted by molar-refractivity contribution is 5.96. The molecule has 3 aromatic heterocycles. The number of nitrogens with zero attached hydrogens (tertiary/aromatic N) is 3. The molecule has 3 heterocycles. The zero-order valence-corrected chi connectivity index (χ0v) is 15.1. The van der Waals surface area contributed by atoms with Crippen LogP contribution in [0.3, 0.4) is 0 Å². The third kappa shape index (κ3) is 2.83. The third-order valence-corrected chi connectivity index (χ3v) is 4.46. The molecule has 0 amide bonds. The van der Waals surface area contributed by atoms with Crippen LogP contribution < -0.4 is 5.56 Å². The summed E-state index contributed by atoms with van der Waals surface area (Å²) in [6.45, 7) is 1.83. The van der Waals surface area contributed by atoms with Gasteiger partial charge in [-0.1, -0.05) is 24.3 Å². The van der Waals surface area contributed by atoms with Crippen LogP contribution in [0.15, 0.2) is 58.3 Å². The molecule has 136 valence electrons. The molecule has 0 fully saturated rings. The van der Waals surface area contributed by atoms with Crippen molar-refractivity contribution in [3.8, 4) is 22.3 Å². The van der Waals surface area contributed by atoms with Gasteiger partial charge in [0.25, 0.3) is 5.56 Å². The zero-order valence-electron chi connectivity index (χ0n) is 15.1. The maximum absolute atomic E-state index is 12.0. The van der Waals surface area contributed by atoms with E-state index < -0.39 is 5.97 Å². The number of aryl methyl sites for hydroxylation is 2. The average Bonchev–Trinajstić information content (AvgIpc) is 3.24. The molecule has 0 aliphatic rings. The number of methoxy groups -OCH3 is 1. The number of fused-ring (bicyclic) bond motifs is 1. The lowest BCUT2D eigenvalue weighted by Gasteiger charge is -2.03. The molecule has 27 heavy (non-hydrogen) atoms. The lowest BCUT2D eigenvalue weighted by molar-refractivity contribution is 0.0595. The van der Waals surface area contributed by atoms with Crippen molar-refractivity contribution in [2.75, 3.05) is 7.11 Å². The molecule has 0 saturated heterocycles. The van der Waals surface area contributed by atoms with E-state index in [4.69, 9.17) is 9.26 Å². The first-order chi connectivity index (χ1) is 13.0. The van der Waals surface area contributed by atoms with E-state index in [1.165, 1.54) is 18.1 Å². The third-order valence-electron chi connectivity index (χ3n) is 4.46. The van der Waals surface area contributed by atoms with Gasteiger partial charge in [-0.05, 0) is 24.1 Å². The number of hydrogen-bond acceptors (Lipinski definition) is 5. The van der Waals surface area contributed by atoms with Crippen LogP contribution >= 0.6 is 0 Å². The van der Waals surface area contributed by atoms with E-state index in [1.807, 2.05) is 54.0 Å². The highest BCUT2D eigenvalue weighted by Crippen LogP contribution is 2.27. The van der Waals surface area contributed by atoms with Gasteiger partial charge < -0.3 is 13.7 Å². The van der Waals surface area contributed by atoms with Gasteiger partial charge in [-0.2, -0.15) is 4.74 Å². The van der Waals surface area contributed by atoms with Gasteiger partial charge in [0.15, 0.2) is 5.69 Å². The molecule has 0 N–H and O–H groups in total. The Morgan fingerprint density at radius 3 is 2.44 bits per heavy atom. The average molecular weight is 363 g/mol. The van der Waals surface area contributed by atoms with Crippen LogP contribution in [0.4, 0.5) is 0 Å². The highest BCUT2D eigenvalue weighted by Gasteiger charge is 2.16. The van der Waals surface area contributed by atoms with Crippen molar-refractivity contribution in [1.29, 1.82) is 0 Å². The number of rotatable bonds is 3. The summed E-state index contributed by atoms with van der Waals surface area (Å²) in [5.74, 6) is -0.473. The van der Waals surface area contributed by atoms with Crippen molar-refractivity contribution < 1.29 is 14.1 Å². The van der Waals surface area contributed by atoms with E-state index in [0.29, 0.717) is 11.1 Å². The second kappa shape index (κ2) is 6.28.